The van der Waals surface area contributed by atoms with Crippen molar-refractivity contribution in [2.75, 3.05) is 40.8 Å². The predicted molar refractivity (Wildman–Crippen MR) is 148 cm³/mol. The first-order valence-corrected chi connectivity index (χ1v) is 13.2. The largest absolute Gasteiger partial charge is 0.493 e. The van der Waals surface area contributed by atoms with Gasteiger partial charge in [0.2, 0.25) is 0 Å². The second-order valence-corrected chi connectivity index (χ2v) is 9.27. The van der Waals surface area contributed by atoms with Crippen molar-refractivity contribution in [2.45, 2.75) is 32.4 Å². The van der Waals surface area contributed by atoms with E-state index in [2.05, 4.69) is 11.0 Å². The summed E-state index contributed by atoms with van der Waals surface area (Å²) < 4.78 is 27.2. The molecule has 0 amide bonds. The van der Waals surface area contributed by atoms with Crippen LogP contribution in [0.25, 0.3) is 0 Å². The number of methoxy groups -OCH3 is 2. The molecule has 0 fully saturated rings. The number of carbonyl (C=O) groups excluding carboxylic acids is 2. The van der Waals surface area contributed by atoms with Gasteiger partial charge >= 0.3 is 5.97 Å². The molecule has 3 aromatic rings. The number of aliphatic hydroxyl groups excluding tert-OH is 1. The maximum absolute atomic E-state index is 11.7. The van der Waals surface area contributed by atoms with Gasteiger partial charge in [-0.1, -0.05) is 36.4 Å². The van der Waals surface area contributed by atoms with Crippen LogP contribution >= 0.6 is 0 Å². The van der Waals surface area contributed by atoms with Gasteiger partial charge in [0, 0.05) is 30.3 Å². The lowest BCUT2D eigenvalue weighted by molar-refractivity contribution is -0.145. The van der Waals surface area contributed by atoms with E-state index in [1.165, 1.54) is 16.7 Å². The molecule has 1 atom stereocenters. The van der Waals surface area contributed by atoms with Gasteiger partial charge in [-0.25, -0.2) is 4.79 Å². The number of aldehydes is 1. The molecular weight excluding hydrogens is 514 g/mol. The van der Waals surface area contributed by atoms with Crippen LogP contribution < -0.4 is 18.9 Å². The number of benzene rings is 3. The Morgan fingerprint density at radius 3 is 2.42 bits per heavy atom. The molecular formula is C31H35NO8. The third-order valence-corrected chi connectivity index (χ3v) is 7.00. The fraction of sp³-hybridized carbons (Fsp3) is 0.355. The van der Waals surface area contributed by atoms with Gasteiger partial charge in [0.15, 0.2) is 36.4 Å². The van der Waals surface area contributed by atoms with Crippen molar-refractivity contribution in [1.82, 2.24) is 4.90 Å². The van der Waals surface area contributed by atoms with Crippen molar-refractivity contribution in [3.63, 3.8) is 0 Å². The van der Waals surface area contributed by atoms with Crippen LogP contribution in [0, 0.1) is 0 Å². The number of hydrogen-bond acceptors (Lipinski definition) is 9. The quantitative estimate of drug-likeness (QED) is 0.240. The number of esters is 1. The van der Waals surface area contributed by atoms with E-state index in [-0.39, 0.29) is 12.6 Å². The molecule has 0 saturated heterocycles. The summed E-state index contributed by atoms with van der Waals surface area (Å²) in [5, 5.41) is 9.35. The van der Waals surface area contributed by atoms with Gasteiger partial charge in [-0.3, -0.25) is 9.69 Å². The molecule has 2 aliphatic heterocycles. The van der Waals surface area contributed by atoms with Crippen LogP contribution in [0.2, 0.25) is 0 Å². The van der Waals surface area contributed by atoms with E-state index in [0.717, 1.165) is 36.8 Å². The molecule has 9 heteroatoms. The van der Waals surface area contributed by atoms with Crippen molar-refractivity contribution in [3.05, 3.63) is 82.4 Å². The Hall–Kier alpha value is -4.08. The molecule has 5 rings (SSSR count). The second-order valence-electron chi connectivity index (χ2n) is 9.27. The third kappa shape index (κ3) is 6.55. The molecule has 1 unspecified atom stereocenters. The molecule has 0 saturated carbocycles. The fourth-order valence-electron chi connectivity index (χ4n) is 5.14. The van der Waals surface area contributed by atoms with Gasteiger partial charge < -0.3 is 28.8 Å². The van der Waals surface area contributed by atoms with E-state index in [4.69, 9.17) is 23.7 Å². The minimum absolute atomic E-state index is 0.151. The summed E-state index contributed by atoms with van der Waals surface area (Å²) >= 11 is 0. The Bertz CT molecular complexity index is 1310. The minimum Gasteiger partial charge on any atom is -0.493 e. The Morgan fingerprint density at radius 1 is 1.00 bits per heavy atom. The van der Waals surface area contributed by atoms with E-state index in [0.29, 0.717) is 36.1 Å². The highest BCUT2D eigenvalue weighted by atomic mass is 16.6. The number of fused-ring (bicyclic) bond motifs is 4. The van der Waals surface area contributed by atoms with Crippen molar-refractivity contribution in [2.24, 2.45) is 0 Å². The van der Waals surface area contributed by atoms with Gasteiger partial charge in [0.25, 0.3) is 0 Å². The molecule has 1 N–H and O–H groups in total. The van der Waals surface area contributed by atoms with Gasteiger partial charge in [-0.2, -0.15) is 0 Å². The molecule has 0 bridgehead atoms. The fourth-order valence-corrected chi connectivity index (χ4v) is 5.14. The Kier molecular flexibility index (Phi) is 9.99. The first-order valence-electron chi connectivity index (χ1n) is 13.2. The van der Waals surface area contributed by atoms with Crippen LogP contribution in [0.15, 0.2) is 54.6 Å². The van der Waals surface area contributed by atoms with E-state index in [9.17, 15) is 14.7 Å². The Balaban J connectivity index is 0.000000398. The zero-order chi connectivity index (χ0) is 28.5. The molecule has 40 heavy (non-hydrogen) atoms. The summed E-state index contributed by atoms with van der Waals surface area (Å²) in [7, 11) is 3.20. The lowest BCUT2D eigenvalue weighted by atomic mass is 9.83. The van der Waals surface area contributed by atoms with E-state index >= 15 is 0 Å². The normalized spacial score (nSPS) is 15.2. The average Bonchev–Trinajstić information content (AvgIpc) is 2.99. The summed E-state index contributed by atoms with van der Waals surface area (Å²) in [5.41, 5.74) is 5.34. The molecule has 9 nitrogen and oxygen atoms in total. The number of nitrogens with zero attached hydrogens (tertiary/aromatic N) is 1. The topological polar surface area (TPSA) is 104 Å². The predicted octanol–water partition coefficient (Wildman–Crippen LogP) is 4.13. The molecule has 2 aliphatic rings. The maximum atomic E-state index is 11.7. The number of rotatable bonds is 9. The molecule has 0 radical (unpaired) electrons. The molecule has 0 aromatic heterocycles. The van der Waals surface area contributed by atoms with Crippen LogP contribution in [0.5, 0.6) is 23.0 Å². The van der Waals surface area contributed by atoms with Crippen LogP contribution in [0.1, 0.15) is 45.6 Å². The standard InChI is InChI=1S/C24H29NO7.C7H6O/c1-4-30-23(27)13-31-22-10-16-7-8-25-12-18-15(5-6-20(28-2)24(18)32-14-26)9-19(25)17(16)11-21(22)29-3;8-6-7-4-2-1-3-5-7/h5-6,10-11,19,26H,4,7-9,12-14H2,1-3H3;1-6H. The molecule has 3 aromatic carbocycles. The summed E-state index contributed by atoms with van der Waals surface area (Å²) in [4.78, 5) is 24.1. The van der Waals surface area contributed by atoms with Crippen LogP contribution in [0.3, 0.4) is 0 Å². The van der Waals surface area contributed by atoms with Gasteiger partial charge in [-0.05, 0) is 54.7 Å². The smallest absolute Gasteiger partial charge is 0.344 e. The SMILES string of the molecule is CCOC(=O)COc1cc2c(cc1OC)C1Cc3ccc(OC)c(OCO)c3CN1CC2.O=Cc1ccccc1. The number of hydrogen-bond donors (Lipinski definition) is 1. The summed E-state index contributed by atoms with van der Waals surface area (Å²) in [5.74, 6) is 1.97. The lowest BCUT2D eigenvalue weighted by Crippen LogP contribution is -2.39. The highest BCUT2D eigenvalue weighted by Crippen LogP contribution is 2.45. The first-order chi connectivity index (χ1) is 19.5. The molecule has 0 spiro atoms. The monoisotopic (exact) mass is 549 g/mol. The van der Waals surface area contributed by atoms with Crippen LogP contribution in [0.4, 0.5) is 0 Å². The van der Waals surface area contributed by atoms with Crippen molar-refractivity contribution >= 4 is 12.3 Å². The van der Waals surface area contributed by atoms with E-state index in [1.54, 1.807) is 33.3 Å². The Labute approximate surface area is 234 Å². The zero-order valence-corrected chi connectivity index (χ0v) is 23.1. The van der Waals surface area contributed by atoms with Gasteiger partial charge in [0.05, 0.1) is 20.8 Å². The first kappa shape index (κ1) is 28.9. The maximum Gasteiger partial charge on any atom is 0.344 e. The van der Waals surface area contributed by atoms with E-state index in [1.807, 2.05) is 36.4 Å². The number of aliphatic hydroxyl groups is 1. The van der Waals surface area contributed by atoms with Crippen molar-refractivity contribution in [3.8, 4) is 23.0 Å². The Morgan fingerprint density at radius 2 is 1.77 bits per heavy atom. The highest BCUT2D eigenvalue weighted by molar-refractivity contribution is 5.74. The van der Waals surface area contributed by atoms with E-state index < -0.39 is 12.8 Å². The van der Waals surface area contributed by atoms with Gasteiger partial charge in [0.1, 0.15) is 6.29 Å². The van der Waals surface area contributed by atoms with Crippen LogP contribution in [-0.2, 0) is 28.9 Å². The van der Waals surface area contributed by atoms with Gasteiger partial charge in [-0.15, -0.1) is 0 Å². The second kappa shape index (κ2) is 13.8. The highest BCUT2D eigenvalue weighted by Gasteiger charge is 2.35. The average molecular weight is 550 g/mol. The summed E-state index contributed by atoms with van der Waals surface area (Å²) in [6.07, 6.45) is 2.49. The lowest BCUT2D eigenvalue weighted by Gasteiger charge is -2.42. The third-order valence-electron chi connectivity index (χ3n) is 7.00. The molecule has 212 valence electrons. The summed E-state index contributed by atoms with van der Waals surface area (Å²) in [6, 6.07) is 17.2. The number of carbonyl (C=O) groups is 2. The number of ether oxygens (including phenoxy) is 5. The zero-order valence-electron chi connectivity index (χ0n) is 23.1. The molecule has 0 aliphatic carbocycles. The summed E-state index contributed by atoms with van der Waals surface area (Å²) in [6.45, 7) is 3.11. The minimum atomic E-state index is -0.404. The van der Waals surface area contributed by atoms with Crippen molar-refractivity contribution in [1.29, 1.82) is 0 Å². The molecule has 2 heterocycles. The van der Waals surface area contributed by atoms with Crippen molar-refractivity contribution < 1.29 is 38.4 Å². The van der Waals surface area contributed by atoms with Crippen LogP contribution in [-0.4, -0.2) is 63.0 Å².